The summed E-state index contributed by atoms with van der Waals surface area (Å²) in [5.74, 6) is 0.211. The van der Waals surface area contributed by atoms with Gasteiger partial charge < -0.3 is 9.47 Å². The molecule has 2 aliphatic heterocycles. The van der Waals surface area contributed by atoms with Crippen LogP contribution in [0.25, 0.3) is 0 Å². The van der Waals surface area contributed by atoms with Crippen molar-refractivity contribution >= 4 is 0 Å². The molecule has 4 rings (SSSR count). The van der Waals surface area contributed by atoms with E-state index in [-0.39, 0.29) is 11.5 Å². The Morgan fingerprint density at radius 2 is 2.18 bits per heavy atom. The summed E-state index contributed by atoms with van der Waals surface area (Å²) in [4.78, 5) is 10.4. The van der Waals surface area contributed by atoms with Crippen LogP contribution in [0.3, 0.4) is 0 Å². The number of nitrogens with zero attached hydrogens (tertiary/aromatic N) is 3. The number of ether oxygens (including phenoxy) is 2. The topological polar surface area (TPSA) is 47.5 Å². The van der Waals surface area contributed by atoms with Crippen LogP contribution in [-0.4, -0.2) is 27.7 Å². The van der Waals surface area contributed by atoms with E-state index in [1.807, 2.05) is 6.20 Å². The van der Waals surface area contributed by atoms with Crippen LogP contribution in [0.1, 0.15) is 16.8 Å². The number of hydrogen-bond donors (Lipinski definition) is 0. The molecule has 0 spiro atoms. The van der Waals surface area contributed by atoms with E-state index in [9.17, 15) is 8.78 Å². The number of halogens is 2. The van der Waals surface area contributed by atoms with Crippen molar-refractivity contribution in [2.75, 3.05) is 6.54 Å². The monoisotopic (exact) mass is 305 g/mol. The molecule has 0 bridgehead atoms. The van der Waals surface area contributed by atoms with Gasteiger partial charge in [0.25, 0.3) is 0 Å². The lowest BCUT2D eigenvalue weighted by molar-refractivity contribution is -0.287. The number of benzene rings is 1. The van der Waals surface area contributed by atoms with Crippen LogP contribution >= 0.6 is 0 Å². The normalized spacial score (nSPS) is 19.0. The summed E-state index contributed by atoms with van der Waals surface area (Å²) in [5, 5.41) is 0. The zero-order valence-electron chi connectivity index (χ0n) is 11.6. The molecule has 7 heteroatoms. The van der Waals surface area contributed by atoms with Crippen molar-refractivity contribution in [2.24, 2.45) is 0 Å². The molecule has 3 heterocycles. The van der Waals surface area contributed by atoms with Crippen molar-refractivity contribution in [2.45, 2.75) is 25.8 Å². The van der Waals surface area contributed by atoms with Crippen LogP contribution in [0, 0.1) is 0 Å². The maximum absolute atomic E-state index is 13.2. The maximum Gasteiger partial charge on any atom is 0.586 e. The average Bonchev–Trinajstić information content (AvgIpc) is 2.82. The predicted molar refractivity (Wildman–Crippen MR) is 72.5 cm³/mol. The van der Waals surface area contributed by atoms with E-state index in [1.165, 1.54) is 12.4 Å². The second-order valence-corrected chi connectivity index (χ2v) is 5.37. The molecule has 0 radical (unpaired) electrons. The molecule has 0 saturated carbocycles. The van der Waals surface area contributed by atoms with E-state index in [1.54, 1.807) is 12.1 Å². The van der Waals surface area contributed by atoms with E-state index in [2.05, 4.69) is 24.3 Å². The molecule has 114 valence electrons. The molecule has 0 unspecified atom stereocenters. The fourth-order valence-electron chi connectivity index (χ4n) is 2.83. The molecule has 2 aromatic rings. The summed E-state index contributed by atoms with van der Waals surface area (Å²) in [6.45, 7) is 1.99. The van der Waals surface area contributed by atoms with Crippen LogP contribution in [-0.2, 0) is 19.5 Å². The second kappa shape index (κ2) is 4.88. The Labute approximate surface area is 125 Å². The fourth-order valence-corrected chi connectivity index (χ4v) is 2.83. The number of para-hydroxylation sites is 1. The first-order valence-corrected chi connectivity index (χ1v) is 6.98. The number of fused-ring (bicyclic) bond motifs is 2. The lowest BCUT2D eigenvalue weighted by Gasteiger charge is -2.27. The van der Waals surface area contributed by atoms with Gasteiger partial charge in [0, 0.05) is 31.4 Å². The van der Waals surface area contributed by atoms with Crippen molar-refractivity contribution in [1.29, 1.82) is 0 Å². The third-order valence-corrected chi connectivity index (χ3v) is 3.86. The third kappa shape index (κ3) is 2.37. The number of alkyl halides is 2. The highest BCUT2D eigenvalue weighted by molar-refractivity contribution is 5.48. The highest BCUT2D eigenvalue weighted by Crippen LogP contribution is 2.43. The summed E-state index contributed by atoms with van der Waals surface area (Å²) in [7, 11) is 0. The number of rotatable bonds is 2. The summed E-state index contributed by atoms with van der Waals surface area (Å²) < 4.78 is 35.5. The molecule has 5 nitrogen and oxygen atoms in total. The van der Waals surface area contributed by atoms with Crippen molar-refractivity contribution in [3.8, 4) is 11.5 Å². The van der Waals surface area contributed by atoms with Crippen LogP contribution in [0.5, 0.6) is 11.5 Å². The smallest absolute Gasteiger partial charge is 0.395 e. The Morgan fingerprint density at radius 3 is 3.09 bits per heavy atom. The van der Waals surface area contributed by atoms with Gasteiger partial charge in [0.05, 0.1) is 5.69 Å². The molecule has 0 saturated heterocycles. The van der Waals surface area contributed by atoms with Gasteiger partial charge >= 0.3 is 6.29 Å². The Bertz CT molecular complexity index is 724. The van der Waals surface area contributed by atoms with Crippen molar-refractivity contribution in [3.05, 3.63) is 47.5 Å². The minimum Gasteiger partial charge on any atom is -0.395 e. The molecule has 1 aromatic carbocycles. The predicted octanol–water partition coefficient (Wildman–Crippen LogP) is 2.36. The largest absolute Gasteiger partial charge is 0.586 e. The zero-order chi connectivity index (χ0) is 15.2. The highest BCUT2D eigenvalue weighted by Gasteiger charge is 2.44. The molecule has 0 N–H and O–H groups in total. The Balaban J connectivity index is 1.56. The first-order chi connectivity index (χ1) is 10.6. The quantitative estimate of drug-likeness (QED) is 0.852. The van der Waals surface area contributed by atoms with E-state index in [0.717, 1.165) is 24.2 Å². The van der Waals surface area contributed by atoms with Gasteiger partial charge in [0.15, 0.2) is 11.5 Å². The molecule has 0 atom stereocenters. The van der Waals surface area contributed by atoms with E-state index in [4.69, 9.17) is 0 Å². The zero-order valence-corrected chi connectivity index (χ0v) is 11.6. The van der Waals surface area contributed by atoms with Gasteiger partial charge in [0.1, 0.15) is 6.33 Å². The van der Waals surface area contributed by atoms with E-state index < -0.39 is 6.29 Å². The summed E-state index contributed by atoms with van der Waals surface area (Å²) >= 11 is 0. The molecular formula is C15H13F2N3O2. The lowest BCUT2D eigenvalue weighted by atomic mass is 10.1. The van der Waals surface area contributed by atoms with Crippen LogP contribution < -0.4 is 9.47 Å². The fraction of sp³-hybridized carbons (Fsp3) is 0.333. The van der Waals surface area contributed by atoms with Crippen LogP contribution in [0.15, 0.2) is 30.7 Å². The lowest BCUT2D eigenvalue weighted by Crippen LogP contribution is -2.31. The molecule has 0 amide bonds. The molecule has 0 aliphatic carbocycles. The van der Waals surface area contributed by atoms with Crippen molar-refractivity contribution < 1.29 is 18.3 Å². The summed E-state index contributed by atoms with van der Waals surface area (Å²) in [6, 6.07) is 4.95. The Morgan fingerprint density at radius 1 is 1.27 bits per heavy atom. The van der Waals surface area contributed by atoms with Gasteiger partial charge in [-0.3, -0.25) is 4.90 Å². The maximum atomic E-state index is 13.2. The average molecular weight is 305 g/mol. The van der Waals surface area contributed by atoms with Crippen LogP contribution in [0.2, 0.25) is 0 Å². The minimum absolute atomic E-state index is 0.0854. The minimum atomic E-state index is -3.58. The number of hydrogen-bond acceptors (Lipinski definition) is 5. The highest BCUT2D eigenvalue weighted by atomic mass is 19.3. The SMILES string of the molecule is FC1(F)Oc2cccc(CN3CCc4cncnc4C3)c2O1. The second-order valence-electron chi connectivity index (χ2n) is 5.37. The van der Waals surface area contributed by atoms with Gasteiger partial charge in [-0.25, -0.2) is 9.97 Å². The van der Waals surface area contributed by atoms with Crippen molar-refractivity contribution in [1.82, 2.24) is 14.9 Å². The molecule has 0 fully saturated rings. The van der Waals surface area contributed by atoms with Gasteiger partial charge in [-0.05, 0) is 18.1 Å². The van der Waals surface area contributed by atoms with Crippen LogP contribution in [0.4, 0.5) is 8.78 Å². The summed E-state index contributed by atoms with van der Waals surface area (Å²) in [5.41, 5.74) is 2.81. The standard InChI is InChI=1S/C15H13F2N3O2/c16-15(17)21-13-3-1-2-11(14(13)22-15)7-20-5-4-10-6-18-9-19-12(10)8-20/h1-3,6,9H,4-5,7-8H2. The Kier molecular flexibility index (Phi) is 2.97. The first kappa shape index (κ1) is 13.4. The first-order valence-electron chi connectivity index (χ1n) is 6.98. The van der Waals surface area contributed by atoms with Crippen molar-refractivity contribution in [3.63, 3.8) is 0 Å². The molecule has 22 heavy (non-hydrogen) atoms. The molecular weight excluding hydrogens is 292 g/mol. The number of aromatic nitrogens is 2. The van der Waals surface area contributed by atoms with E-state index in [0.29, 0.717) is 18.7 Å². The summed E-state index contributed by atoms with van der Waals surface area (Å²) in [6.07, 6.45) is 0.621. The molecule has 1 aromatic heterocycles. The van der Waals surface area contributed by atoms with Gasteiger partial charge in [0.2, 0.25) is 0 Å². The van der Waals surface area contributed by atoms with E-state index >= 15 is 0 Å². The van der Waals surface area contributed by atoms with Gasteiger partial charge in [-0.2, -0.15) is 0 Å². The Hall–Kier alpha value is -2.28. The van der Waals surface area contributed by atoms with Gasteiger partial charge in [-0.15, -0.1) is 8.78 Å². The molecule has 2 aliphatic rings. The van der Waals surface area contributed by atoms with Gasteiger partial charge in [-0.1, -0.05) is 12.1 Å². The third-order valence-electron chi connectivity index (χ3n) is 3.86.